The summed E-state index contributed by atoms with van der Waals surface area (Å²) in [5, 5.41) is 7.18. The number of hydrogen-bond donors (Lipinski definition) is 2. The first-order valence-corrected chi connectivity index (χ1v) is 23.0. The van der Waals surface area contributed by atoms with Gasteiger partial charge in [0.2, 0.25) is 0 Å². The van der Waals surface area contributed by atoms with Gasteiger partial charge in [0, 0.05) is 24.3 Å². The van der Waals surface area contributed by atoms with E-state index in [4.69, 9.17) is 24.8 Å². The molecule has 2 aliphatic carbocycles. The van der Waals surface area contributed by atoms with Crippen molar-refractivity contribution in [1.82, 2.24) is 14.9 Å². The average Bonchev–Trinajstić information content (AvgIpc) is 3.11. The second-order valence-corrected chi connectivity index (χ2v) is 22.7. The number of alkyl halides is 3. The molecule has 0 amide bonds. The van der Waals surface area contributed by atoms with Crippen LogP contribution in [0.15, 0.2) is 59.9 Å². The maximum Gasteiger partial charge on any atom is 0.416 e. The zero-order valence-electron chi connectivity index (χ0n) is 33.0. The molecule has 0 saturated heterocycles. The van der Waals surface area contributed by atoms with Gasteiger partial charge in [-0.05, 0) is 94.0 Å². The first-order valence-electron chi connectivity index (χ1n) is 18.5. The lowest BCUT2D eigenvalue weighted by atomic mass is 9.79. The molecular formula is C39H55F5N4O6SSi. The van der Waals surface area contributed by atoms with E-state index in [1.54, 1.807) is 20.2 Å². The van der Waals surface area contributed by atoms with Gasteiger partial charge in [-0.1, -0.05) is 51.8 Å². The topological polar surface area (TPSA) is 145 Å². The van der Waals surface area contributed by atoms with Gasteiger partial charge in [-0.15, -0.1) is 0 Å². The second kappa shape index (κ2) is 19.8. The van der Waals surface area contributed by atoms with Crippen molar-refractivity contribution in [3.63, 3.8) is 0 Å². The summed E-state index contributed by atoms with van der Waals surface area (Å²) in [6.45, 7) is 11.2. The number of benzene rings is 2. The van der Waals surface area contributed by atoms with Crippen LogP contribution in [0, 0.1) is 11.6 Å². The Morgan fingerprint density at radius 3 is 2.21 bits per heavy atom. The third kappa shape index (κ3) is 13.0. The maximum absolute atomic E-state index is 15.0. The Balaban J connectivity index is 0.000000389. The summed E-state index contributed by atoms with van der Waals surface area (Å²) in [4.78, 5) is 16.9. The smallest absolute Gasteiger partial charge is 0.416 e. The zero-order chi connectivity index (χ0) is 42.1. The van der Waals surface area contributed by atoms with Gasteiger partial charge in [0.25, 0.3) is 6.47 Å². The Kier molecular flexibility index (Phi) is 16.5. The highest BCUT2D eigenvalue weighted by Crippen LogP contribution is 2.40. The molecule has 10 nitrogen and oxygen atoms in total. The zero-order valence-corrected chi connectivity index (χ0v) is 34.8. The molecule has 1 aromatic heterocycles. The van der Waals surface area contributed by atoms with Crippen molar-refractivity contribution < 1.29 is 49.4 Å². The van der Waals surface area contributed by atoms with Gasteiger partial charge in [-0.25, -0.2) is 27.2 Å². The molecule has 0 radical (unpaired) electrons. The number of carboxylic acid groups (broad SMARTS) is 1. The highest BCUT2D eigenvalue weighted by Gasteiger charge is 2.41. The minimum absolute atomic E-state index is 0.131. The predicted octanol–water partition coefficient (Wildman–Crippen LogP) is 8.37. The summed E-state index contributed by atoms with van der Waals surface area (Å²) in [5.74, 6) is -3.44. The molecule has 3 aromatic rings. The number of rotatable bonds is 9. The van der Waals surface area contributed by atoms with E-state index in [0.29, 0.717) is 48.1 Å². The molecule has 0 aliphatic heterocycles. The number of carbonyl (C=O) groups is 1. The predicted molar refractivity (Wildman–Crippen MR) is 206 cm³/mol. The largest absolute Gasteiger partial charge is 0.486 e. The SMILES string of the molecule is CC(C)(C)[Si](C)(C)O[C@H]1CCCC[C@@H]1N.CN(C)[C@H]1C[C@@H](c2cccc(C(F)(F)F)c2)CC[C@@H]1Oc1cc(F)c(S(=O)(=O)Cc2ccncn2)cc1F.O=CO. The Morgan fingerprint density at radius 2 is 1.64 bits per heavy atom. The molecule has 2 aromatic carbocycles. The monoisotopic (exact) mass is 830 g/mol. The van der Waals surface area contributed by atoms with Gasteiger partial charge >= 0.3 is 6.18 Å². The van der Waals surface area contributed by atoms with Gasteiger partial charge in [-0.2, -0.15) is 13.2 Å². The Bertz CT molecular complexity index is 1830. The fraction of sp³-hybridized carbons (Fsp3) is 0.564. The molecule has 0 spiro atoms. The molecule has 2 aliphatic rings. The van der Waals surface area contributed by atoms with Crippen LogP contribution < -0.4 is 10.5 Å². The van der Waals surface area contributed by atoms with Crippen LogP contribution in [0.3, 0.4) is 0 Å². The van der Waals surface area contributed by atoms with Crippen molar-refractivity contribution in [1.29, 1.82) is 0 Å². The first kappa shape index (κ1) is 46.9. The van der Waals surface area contributed by atoms with Crippen molar-refractivity contribution >= 4 is 24.6 Å². The van der Waals surface area contributed by atoms with Crippen LogP contribution in [0.25, 0.3) is 0 Å². The van der Waals surface area contributed by atoms with Crippen LogP contribution in [-0.2, 0) is 31.0 Å². The van der Waals surface area contributed by atoms with E-state index in [0.717, 1.165) is 31.3 Å². The number of likely N-dealkylation sites (N-methyl/N-ethyl adjacent to an activating group) is 1. The van der Waals surface area contributed by atoms with E-state index in [1.165, 1.54) is 31.2 Å². The average molecular weight is 831 g/mol. The first-order chi connectivity index (χ1) is 26.0. The van der Waals surface area contributed by atoms with Crippen molar-refractivity contribution in [2.75, 3.05) is 14.1 Å². The molecule has 2 fully saturated rings. The lowest BCUT2D eigenvalue weighted by Crippen LogP contribution is -2.50. The lowest BCUT2D eigenvalue weighted by molar-refractivity contribution is -0.137. The Morgan fingerprint density at radius 1 is 0.982 bits per heavy atom. The summed E-state index contributed by atoms with van der Waals surface area (Å²) in [5.41, 5.74) is 6.09. The van der Waals surface area contributed by atoms with E-state index >= 15 is 0 Å². The number of halogens is 5. The van der Waals surface area contributed by atoms with Crippen LogP contribution >= 0.6 is 0 Å². The maximum atomic E-state index is 15.0. The number of sulfone groups is 1. The molecule has 3 N–H and O–H groups in total. The van der Waals surface area contributed by atoms with Crippen molar-refractivity contribution in [2.45, 2.75) is 131 Å². The molecule has 17 heteroatoms. The fourth-order valence-corrected chi connectivity index (χ4v) is 9.33. The molecule has 0 unspecified atom stereocenters. The minimum Gasteiger partial charge on any atom is -0.486 e. The number of hydrogen-bond acceptors (Lipinski definition) is 9. The van der Waals surface area contributed by atoms with Crippen molar-refractivity contribution in [3.05, 3.63) is 83.4 Å². The van der Waals surface area contributed by atoms with Crippen molar-refractivity contribution in [2.24, 2.45) is 5.73 Å². The van der Waals surface area contributed by atoms with Gasteiger partial charge in [-0.3, -0.25) is 4.79 Å². The van der Waals surface area contributed by atoms with Gasteiger partial charge in [0.1, 0.15) is 23.1 Å². The minimum atomic E-state index is -4.45. The van der Waals surface area contributed by atoms with Crippen LogP contribution in [-0.4, -0.2) is 81.6 Å². The fourth-order valence-electron chi connectivity index (χ4n) is 6.58. The standard InChI is InChI=1S/C26H26F5N3O3S.C12H27NOSi.CH2O2/c1-34(2)22-11-17(16-4-3-5-18(10-16)26(29,30)31)6-7-23(22)37-24-12-21(28)25(13-20(24)27)38(35,36)14-19-8-9-32-15-33-19;1-12(2,3)15(4,5)14-11-9-7-6-8-10(11)13;2-1-3/h3-5,8-10,12-13,15,17,22-23H,6-7,11,14H2,1-2H3;10-11H,6-9,13H2,1-5H3;1H,(H,2,3)/t17-,22-,23-;10-,11-;/m00./s1. The van der Waals surface area contributed by atoms with E-state index in [1.807, 2.05) is 4.90 Å². The van der Waals surface area contributed by atoms with Crippen LogP contribution in [0.4, 0.5) is 22.0 Å². The summed E-state index contributed by atoms with van der Waals surface area (Å²) in [7, 11) is -2.31. The molecule has 0 bridgehead atoms. The lowest BCUT2D eigenvalue weighted by Gasteiger charge is -2.42. The van der Waals surface area contributed by atoms with E-state index in [-0.39, 0.29) is 30.2 Å². The van der Waals surface area contributed by atoms with Crippen LogP contribution in [0.5, 0.6) is 5.75 Å². The summed E-state index contributed by atoms with van der Waals surface area (Å²) in [6, 6.07) is 7.84. The second-order valence-electron chi connectivity index (χ2n) is 16.0. The molecular weight excluding hydrogens is 776 g/mol. The third-order valence-corrected chi connectivity index (χ3v) is 16.9. The van der Waals surface area contributed by atoms with Crippen LogP contribution in [0.2, 0.25) is 18.1 Å². The summed E-state index contributed by atoms with van der Waals surface area (Å²) >= 11 is 0. The van der Waals surface area contributed by atoms with Gasteiger partial charge in [0.05, 0.1) is 23.1 Å². The number of ether oxygens (including phenoxy) is 1. The molecule has 2 saturated carbocycles. The normalized spacial score (nSPS) is 21.9. The molecule has 1 heterocycles. The van der Waals surface area contributed by atoms with E-state index in [2.05, 4.69) is 43.8 Å². The van der Waals surface area contributed by atoms with Gasteiger partial charge in [0.15, 0.2) is 29.7 Å². The highest BCUT2D eigenvalue weighted by atomic mass is 32.2. The Hall–Kier alpha value is -3.51. The van der Waals surface area contributed by atoms with Crippen molar-refractivity contribution in [3.8, 4) is 5.75 Å². The molecule has 312 valence electrons. The number of nitrogens with two attached hydrogens (primary N) is 1. The van der Waals surface area contributed by atoms with E-state index in [9.17, 15) is 30.4 Å². The highest BCUT2D eigenvalue weighted by molar-refractivity contribution is 7.90. The number of aromatic nitrogens is 2. The van der Waals surface area contributed by atoms with Crippen LogP contribution in [0.1, 0.15) is 88.5 Å². The third-order valence-electron chi connectivity index (χ3n) is 10.7. The van der Waals surface area contributed by atoms with Gasteiger partial charge < -0.3 is 24.9 Å². The number of nitrogens with zero attached hydrogens (tertiary/aromatic N) is 3. The molecule has 56 heavy (non-hydrogen) atoms. The molecule has 5 rings (SSSR count). The summed E-state index contributed by atoms with van der Waals surface area (Å²) in [6.07, 6.45) is 3.92. The van der Waals surface area contributed by atoms with E-state index < -0.39 is 64.0 Å². The quantitative estimate of drug-likeness (QED) is 0.123. The molecule has 5 atom stereocenters. The summed E-state index contributed by atoms with van der Waals surface area (Å²) < 4.78 is 107. The Labute approximate surface area is 328 Å².